The quantitative estimate of drug-likeness (QED) is 0.928. The number of fused-ring (bicyclic) bond motifs is 1. The Labute approximate surface area is 104 Å². The smallest absolute Gasteiger partial charge is 0.179 e. The Bertz CT molecular complexity index is 499. The van der Waals surface area contributed by atoms with Gasteiger partial charge in [0.05, 0.1) is 10.6 Å². The molecule has 1 aromatic carbocycles. The van der Waals surface area contributed by atoms with E-state index in [0.29, 0.717) is 4.90 Å². The summed E-state index contributed by atoms with van der Waals surface area (Å²) in [6, 6.07) is 5.42. The molecule has 1 atom stereocenters. The third kappa shape index (κ3) is 2.17. The fourth-order valence-electron chi connectivity index (χ4n) is 2.12. The molecule has 2 rings (SSSR count). The minimum atomic E-state index is -3.05. The number of hydrogen-bond donors (Lipinski definition) is 1. The zero-order valence-electron chi connectivity index (χ0n) is 9.03. The number of nitrogens with one attached hydrogen (secondary N) is 1. The minimum absolute atomic E-state index is 0.130. The molecule has 1 aliphatic heterocycles. The molecule has 1 heterocycles. The van der Waals surface area contributed by atoms with Gasteiger partial charge in [0.2, 0.25) is 0 Å². The summed E-state index contributed by atoms with van der Waals surface area (Å²) < 4.78 is 24.7. The van der Waals surface area contributed by atoms with Gasteiger partial charge < -0.3 is 5.32 Å². The van der Waals surface area contributed by atoms with Crippen LogP contribution in [-0.4, -0.2) is 27.8 Å². The minimum Gasteiger partial charge on any atom is -0.320 e. The normalized spacial score (nSPS) is 22.0. The summed E-state index contributed by atoms with van der Waals surface area (Å²) in [7, 11) is -1.17. The van der Waals surface area contributed by atoms with E-state index in [1.54, 1.807) is 12.1 Å². The number of benzene rings is 1. The van der Waals surface area contributed by atoms with Crippen LogP contribution in [0.15, 0.2) is 27.6 Å². The molecule has 0 saturated carbocycles. The zero-order valence-corrected chi connectivity index (χ0v) is 11.4. The van der Waals surface area contributed by atoms with Crippen LogP contribution < -0.4 is 5.32 Å². The summed E-state index contributed by atoms with van der Waals surface area (Å²) in [5.74, 6) is 0.380. The zero-order chi connectivity index (χ0) is 11.8. The first-order valence-electron chi connectivity index (χ1n) is 5.21. The van der Waals surface area contributed by atoms with Gasteiger partial charge >= 0.3 is 0 Å². The van der Waals surface area contributed by atoms with Crippen molar-refractivity contribution in [3.05, 3.63) is 28.2 Å². The summed E-state index contributed by atoms with van der Waals surface area (Å²) in [4.78, 5) is 0.511. The molecule has 0 saturated heterocycles. The second-order valence-corrected chi connectivity index (χ2v) is 6.97. The van der Waals surface area contributed by atoms with Crippen molar-refractivity contribution in [2.24, 2.45) is 0 Å². The van der Waals surface area contributed by atoms with Crippen LogP contribution in [0, 0.1) is 0 Å². The summed E-state index contributed by atoms with van der Waals surface area (Å²) in [5, 5.41) is 3.06. The molecule has 0 spiro atoms. The molecule has 1 unspecified atom stereocenters. The van der Waals surface area contributed by atoms with Crippen LogP contribution in [-0.2, 0) is 9.84 Å². The molecule has 16 heavy (non-hydrogen) atoms. The highest BCUT2D eigenvalue weighted by Gasteiger charge is 2.34. The number of sulfone groups is 1. The van der Waals surface area contributed by atoms with Crippen molar-refractivity contribution >= 4 is 25.8 Å². The maximum atomic E-state index is 11.9. The average Bonchev–Trinajstić information content (AvgIpc) is 2.47. The second kappa shape index (κ2) is 4.47. The molecule has 0 fully saturated rings. The van der Waals surface area contributed by atoms with E-state index in [0.717, 1.165) is 23.0 Å². The summed E-state index contributed by atoms with van der Waals surface area (Å²) in [6.07, 6.45) is 0.860. The van der Waals surface area contributed by atoms with Gasteiger partial charge in [0, 0.05) is 10.4 Å². The third-order valence-electron chi connectivity index (χ3n) is 2.91. The monoisotopic (exact) mass is 303 g/mol. The summed E-state index contributed by atoms with van der Waals surface area (Å²) >= 11 is 3.39. The highest BCUT2D eigenvalue weighted by atomic mass is 79.9. The third-order valence-corrected chi connectivity index (χ3v) is 5.29. The average molecular weight is 304 g/mol. The van der Waals surface area contributed by atoms with Crippen molar-refractivity contribution in [1.82, 2.24) is 5.32 Å². The summed E-state index contributed by atoms with van der Waals surface area (Å²) in [6.45, 7) is 0.839. The Morgan fingerprint density at radius 3 is 2.94 bits per heavy atom. The second-order valence-electron chi connectivity index (χ2n) is 4.05. The maximum absolute atomic E-state index is 11.9. The Kier molecular flexibility index (Phi) is 3.37. The van der Waals surface area contributed by atoms with Crippen molar-refractivity contribution in [2.75, 3.05) is 19.3 Å². The molecule has 1 aromatic rings. The van der Waals surface area contributed by atoms with Gasteiger partial charge in [0.25, 0.3) is 0 Å². The predicted molar refractivity (Wildman–Crippen MR) is 67.5 cm³/mol. The van der Waals surface area contributed by atoms with Gasteiger partial charge in [-0.25, -0.2) is 8.42 Å². The van der Waals surface area contributed by atoms with E-state index in [-0.39, 0.29) is 11.7 Å². The van der Waals surface area contributed by atoms with Gasteiger partial charge in [0.1, 0.15) is 0 Å². The molecular formula is C11H14BrNO2S. The first-order chi connectivity index (χ1) is 7.54. The van der Waals surface area contributed by atoms with E-state index in [4.69, 9.17) is 0 Å². The lowest BCUT2D eigenvalue weighted by Gasteiger charge is -2.09. The number of rotatable bonds is 3. The van der Waals surface area contributed by atoms with Gasteiger partial charge in [-0.3, -0.25) is 0 Å². The predicted octanol–water partition coefficient (Wildman–Crippen LogP) is 1.93. The first-order valence-corrected chi connectivity index (χ1v) is 7.66. The fraction of sp³-hybridized carbons (Fsp3) is 0.455. The SMILES string of the molecule is CNCCC1CS(=O)(=O)c2ccc(Br)cc21. The van der Waals surface area contributed by atoms with E-state index in [9.17, 15) is 8.42 Å². The van der Waals surface area contributed by atoms with Gasteiger partial charge in [-0.2, -0.15) is 0 Å². The van der Waals surface area contributed by atoms with Crippen LogP contribution in [0.3, 0.4) is 0 Å². The van der Waals surface area contributed by atoms with Crippen molar-refractivity contribution in [1.29, 1.82) is 0 Å². The van der Waals surface area contributed by atoms with Crippen LogP contribution >= 0.6 is 15.9 Å². The largest absolute Gasteiger partial charge is 0.320 e. The standard InChI is InChI=1S/C11H14BrNO2S/c1-13-5-4-8-7-16(14,15)11-3-2-9(12)6-10(8)11/h2-3,6,8,13H,4-5,7H2,1H3. The van der Waals surface area contributed by atoms with E-state index in [2.05, 4.69) is 21.2 Å². The first kappa shape index (κ1) is 12.1. The molecule has 1 N–H and O–H groups in total. The number of halogens is 1. The van der Waals surface area contributed by atoms with E-state index >= 15 is 0 Å². The van der Waals surface area contributed by atoms with Gasteiger partial charge in [-0.05, 0) is 43.8 Å². The van der Waals surface area contributed by atoms with E-state index < -0.39 is 9.84 Å². The van der Waals surface area contributed by atoms with Crippen LogP contribution in [0.4, 0.5) is 0 Å². The van der Waals surface area contributed by atoms with E-state index in [1.165, 1.54) is 0 Å². The molecule has 0 bridgehead atoms. The topological polar surface area (TPSA) is 46.2 Å². The molecular weight excluding hydrogens is 290 g/mol. The lowest BCUT2D eigenvalue weighted by Crippen LogP contribution is -2.13. The molecule has 0 aromatic heterocycles. The Morgan fingerprint density at radius 2 is 2.25 bits per heavy atom. The molecule has 5 heteroatoms. The van der Waals surface area contributed by atoms with E-state index in [1.807, 2.05) is 13.1 Å². The van der Waals surface area contributed by atoms with Crippen LogP contribution in [0.25, 0.3) is 0 Å². The highest BCUT2D eigenvalue weighted by molar-refractivity contribution is 9.10. The lowest BCUT2D eigenvalue weighted by atomic mass is 9.98. The van der Waals surface area contributed by atoms with Crippen molar-refractivity contribution in [3.63, 3.8) is 0 Å². The molecule has 3 nitrogen and oxygen atoms in total. The number of hydrogen-bond acceptors (Lipinski definition) is 3. The maximum Gasteiger partial charge on any atom is 0.179 e. The van der Waals surface area contributed by atoms with Crippen molar-refractivity contribution in [3.8, 4) is 0 Å². The fourth-order valence-corrected chi connectivity index (χ4v) is 4.42. The molecule has 1 aliphatic rings. The molecule has 88 valence electrons. The van der Waals surface area contributed by atoms with Crippen molar-refractivity contribution in [2.45, 2.75) is 17.2 Å². The van der Waals surface area contributed by atoms with Gasteiger partial charge in [-0.1, -0.05) is 15.9 Å². The van der Waals surface area contributed by atoms with Gasteiger partial charge in [-0.15, -0.1) is 0 Å². The summed E-state index contributed by atoms with van der Waals surface area (Å²) in [5.41, 5.74) is 0.963. The Morgan fingerprint density at radius 1 is 1.50 bits per heavy atom. The van der Waals surface area contributed by atoms with Crippen molar-refractivity contribution < 1.29 is 8.42 Å². The molecule has 0 amide bonds. The van der Waals surface area contributed by atoms with Crippen LogP contribution in [0.5, 0.6) is 0 Å². The van der Waals surface area contributed by atoms with Gasteiger partial charge in [0.15, 0.2) is 9.84 Å². The van der Waals surface area contributed by atoms with Crippen LogP contribution in [0.1, 0.15) is 17.9 Å². The Hall–Kier alpha value is -0.390. The molecule has 0 radical (unpaired) electrons. The molecule has 0 aliphatic carbocycles. The lowest BCUT2D eigenvalue weighted by molar-refractivity contribution is 0.591. The highest BCUT2D eigenvalue weighted by Crippen LogP contribution is 2.38. The van der Waals surface area contributed by atoms with Crippen LogP contribution in [0.2, 0.25) is 0 Å². The Balaban J connectivity index is 2.40.